The number of nitrogens with zero attached hydrogens (tertiary/aromatic N) is 1. The van der Waals surface area contributed by atoms with Crippen molar-refractivity contribution in [3.63, 3.8) is 0 Å². The summed E-state index contributed by atoms with van der Waals surface area (Å²) in [4.78, 5) is 4.59. The van der Waals surface area contributed by atoms with Gasteiger partial charge in [0.2, 0.25) is 0 Å². The number of nitrogens with one attached hydrogen (secondary N) is 1. The van der Waals surface area contributed by atoms with Gasteiger partial charge in [-0.2, -0.15) is 0 Å². The van der Waals surface area contributed by atoms with E-state index in [1.807, 2.05) is 6.20 Å². The summed E-state index contributed by atoms with van der Waals surface area (Å²) in [5.41, 5.74) is 2.53. The molecule has 1 heterocycles. The van der Waals surface area contributed by atoms with Gasteiger partial charge < -0.3 is 5.32 Å². The van der Waals surface area contributed by atoms with Crippen molar-refractivity contribution in [2.75, 3.05) is 7.05 Å². The first-order chi connectivity index (χ1) is 8.76. The van der Waals surface area contributed by atoms with Gasteiger partial charge in [-0.25, -0.2) is 0 Å². The zero-order valence-corrected chi connectivity index (χ0v) is 11.9. The maximum atomic E-state index is 4.59. The number of pyridine rings is 1. The third-order valence-corrected chi connectivity index (χ3v) is 4.49. The smallest absolute Gasteiger partial charge is 0.0578 e. The average Bonchev–Trinajstić information content (AvgIpc) is 2.40. The molecule has 3 unspecified atom stereocenters. The highest BCUT2D eigenvalue weighted by molar-refractivity contribution is 5.18. The molecule has 1 N–H and O–H groups in total. The Labute approximate surface area is 111 Å². The van der Waals surface area contributed by atoms with E-state index in [0.29, 0.717) is 6.04 Å². The van der Waals surface area contributed by atoms with E-state index in [1.54, 1.807) is 0 Å². The molecule has 1 aromatic heterocycles. The quantitative estimate of drug-likeness (QED) is 0.872. The summed E-state index contributed by atoms with van der Waals surface area (Å²) < 4.78 is 0. The molecule has 1 fully saturated rings. The van der Waals surface area contributed by atoms with Crippen molar-refractivity contribution in [2.45, 2.75) is 52.0 Å². The van der Waals surface area contributed by atoms with Gasteiger partial charge in [0.1, 0.15) is 0 Å². The van der Waals surface area contributed by atoms with Crippen LogP contribution in [0.1, 0.15) is 56.3 Å². The van der Waals surface area contributed by atoms with Crippen LogP contribution >= 0.6 is 0 Å². The zero-order valence-electron chi connectivity index (χ0n) is 11.9. The lowest BCUT2D eigenvalue weighted by Gasteiger charge is -2.36. The van der Waals surface area contributed by atoms with Crippen LogP contribution in [0.5, 0.6) is 0 Å². The topological polar surface area (TPSA) is 24.9 Å². The van der Waals surface area contributed by atoms with Gasteiger partial charge >= 0.3 is 0 Å². The predicted molar refractivity (Wildman–Crippen MR) is 76.5 cm³/mol. The number of hydrogen-bond donors (Lipinski definition) is 1. The SMILES string of the molecule is CCC1CCCCC1C(NC)c1cc(C)ccn1. The lowest BCUT2D eigenvalue weighted by molar-refractivity contribution is 0.178. The van der Waals surface area contributed by atoms with E-state index in [2.05, 4.69) is 43.3 Å². The second-order valence-electron chi connectivity index (χ2n) is 5.64. The second-order valence-corrected chi connectivity index (χ2v) is 5.64. The van der Waals surface area contributed by atoms with Crippen molar-refractivity contribution in [2.24, 2.45) is 11.8 Å². The fraction of sp³-hybridized carbons (Fsp3) is 0.688. The molecular formula is C16H26N2. The van der Waals surface area contributed by atoms with E-state index in [0.717, 1.165) is 11.8 Å². The van der Waals surface area contributed by atoms with Crippen LogP contribution in [0, 0.1) is 18.8 Å². The van der Waals surface area contributed by atoms with Crippen molar-refractivity contribution in [1.29, 1.82) is 0 Å². The first-order valence-electron chi connectivity index (χ1n) is 7.36. The van der Waals surface area contributed by atoms with Crippen LogP contribution in [-0.2, 0) is 0 Å². The molecule has 1 saturated carbocycles. The van der Waals surface area contributed by atoms with Crippen molar-refractivity contribution in [3.05, 3.63) is 29.6 Å². The van der Waals surface area contributed by atoms with E-state index in [-0.39, 0.29) is 0 Å². The molecular weight excluding hydrogens is 220 g/mol. The van der Waals surface area contributed by atoms with Gasteiger partial charge in [0.25, 0.3) is 0 Å². The highest BCUT2D eigenvalue weighted by atomic mass is 14.9. The van der Waals surface area contributed by atoms with Gasteiger partial charge in [0.05, 0.1) is 11.7 Å². The largest absolute Gasteiger partial charge is 0.311 e. The zero-order chi connectivity index (χ0) is 13.0. The summed E-state index contributed by atoms with van der Waals surface area (Å²) in [6.07, 6.45) is 8.77. The highest BCUT2D eigenvalue weighted by Crippen LogP contribution is 2.39. The predicted octanol–water partition coefficient (Wildman–Crippen LogP) is 3.87. The molecule has 18 heavy (non-hydrogen) atoms. The van der Waals surface area contributed by atoms with Crippen LogP contribution in [0.25, 0.3) is 0 Å². The van der Waals surface area contributed by atoms with Gasteiger partial charge in [-0.3, -0.25) is 4.98 Å². The standard InChI is InChI=1S/C16H26N2/c1-4-13-7-5-6-8-14(13)16(17-3)15-11-12(2)9-10-18-15/h9-11,13-14,16-17H,4-8H2,1-3H3. The molecule has 1 aliphatic rings. The number of rotatable bonds is 4. The second kappa shape index (κ2) is 6.33. The van der Waals surface area contributed by atoms with Gasteiger partial charge in [0, 0.05) is 6.20 Å². The minimum atomic E-state index is 0.426. The normalized spacial score (nSPS) is 25.9. The molecule has 3 atom stereocenters. The van der Waals surface area contributed by atoms with Gasteiger partial charge in [-0.1, -0.05) is 32.6 Å². The Morgan fingerprint density at radius 2 is 2.17 bits per heavy atom. The Bertz CT molecular complexity index is 375. The fourth-order valence-electron chi connectivity index (χ4n) is 3.49. The number of aromatic nitrogens is 1. The Kier molecular flexibility index (Phi) is 4.76. The maximum absolute atomic E-state index is 4.59. The molecule has 2 nitrogen and oxygen atoms in total. The van der Waals surface area contributed by atoms with Gasteiger partial charge in [-0.05, 0) is 49.9 Å². The minimum absolute atomic E-state index is 0.426. The monoisotopic (exact) mass is 246 g/mol. The van der Waals surface area contributed by atoms with Gasteiger partial charge in [-0.15, -0.1) is 0 Å². The maximum Gasteiger partial charge on any atom is 0.0578 e. The summed E-state index contributed by atoms with van der Waals surface area (Å²) in [7, 11) is 2.08. The molecule has 100 valence electrons. The molecule has 0 saturated heterocycles. The Balaban J connectivity index is 2.21. The molecule has 0 amide bonds. The molecule has 2 heteroatoms. The van der Waals surface area contributed by atoms with Crippen LogP contribution in [0.3, 0.4) is 0 Å². The number of hydrogen-bond acceptors (Lipinski definition) is 2. The third-order valence-electron chi connectivity index (χ3n) is 4.49. The number of aryl methyl sites for hydroxylation is 1. The molecule has 0 radical (unpaired) electrons. The van der Waals surface area contributed by atoms with E-state index in [1.165, 1.54) is 43.4 Å². The van der Waals surface area contributed by atoms with E-state index >= 15 is 0 Å². The van der Waals surface area contributed by atoms with E-state index < -0.39 is 0 Å². The van der Waals surface area contributed by atoms with Crippen molar-refractivity contribution >= 4 is 0 Å². The van der Waals surface area contributed by atoms with Crippen LogP contribution in [0.4, 0.5) is 0 Å². The third kappa shape index (κ3) is 2.92. The van der Waals surface area contributed by atoms with Gasteiger partial charge in [0.15, 0.2) is 0 Å². The van der Waals surface area contributed by atoms with Crippen molar-refractivity contribution < 1.29 is 0 Å². The highest BCUT2D eigenvalue weighted by Gasteiger charge is 2.31. The molecule has 0 spiro atoms. The van der Waals surface area contributed by atoms with Crippen LogP contribution in [0.15, 0.2) is 18.3 Å². The van der Waals surface area contributed by atoms with Crippen LogP contribution in [0.2, 0.25) is 0 Å². The molecule has 0 aliphatic heterocycles. The Morgan fingerprint density at radius 1 is 1.39 bits per heavy atom. The first-order valence-corrected chi connectivity index (χ1v) is 7.36. The minimum Gasteiger partial charge on any atom is -0.311 e. The molecule has 0 bridgehead atoms. The van der Waals surface area contributed by atoms with Crippen molar-refractivity contribution in [1.82, 2.24) is 10.3 Å². The first kappa shape index (κ1) is 13.5. The lowest BCUT2D eigenvalue weighted by atomic mass is 9.73. The van der Waals surface area contributed by atoms with E-state index in [9.17, 15) is 0 Å². The summed E-state index contributed by atoms with van der Waals surface area (Å²) in [6, 6.07) is 4.74. The molecule has 0 aromatic carbocycles. The Morgan fingerprint density at radius 3 is 2.83 bits per heavy atom. The van der Waals surface area contributed by atoms with Crippen LogP contribution in [-0.4, -0.2) is 12.0 Å². The summed E-state index contributed by atoms with van der Waals surface area (Å²) in [6.45, 7) is 4.48. The van der Waals surface area contributed by atoms with Crippen LogP contribution < -0.4 is 5.32 Å². The Hall–Kier alpha value is -0.890. The average molecular weight is 246 g/mol. The molecule has 1 aliphatic carbocycles. The fourth-order valence-corrected chi connectivity index (χ4v) is 3.49. The van der Waals surface area contributed by atoms with E-state index in [4.69, 9.17) is 0 Å². The van der Waals surface area contributed by atoms with Crippen molar-refractivity contribution in [3.8, 4) is 0 Å². The lowest BCUT2D eigenvalue weighted by Crippen LogP contribution is -2.33. The molecule has 2 rings (SSSR count). The molecule has 1 aromatic rings. The summed E-state index contributed by atoms with van der Waals surface area (Å²) >= 11 is 0. The summed E-state index contributed by atoms with van der Waals surface area (Å²) in [5, 5.41) is 3.52. The summed E-state index contributed by atoms with van der Waals surface area (Å²) in [5.74, 6) is 1.61.